The zero-order valence-corrected chi connectivity index (χ0v) is 8.52. The molecule has 1 amide bonds. The predicted molar refractivity (Wildman–Crippen MR) is 49.0 cm³/mol. The number of aromatic nitrogens is 3. The molecule has 1 aromatic heterocycles. The molecule has 1 N–H and O–H groups in total. The molecule has 0 aliphatic rings. The van der Waals surface area contributed by atoms with Gasteiger partial charge in [0.25, 0.3) is 5.91 Å². The number of amides is 1. The topological polar surface area (TPSA) is 69.0 Å². The second-order valence-corrected chi connectivity index (χ2v) is 3.83. The molecule has 0 radical (unpaired) electrons. The van der Waals surface area contributed by atoms with E-state index in [-0.39, 0.29) is 12.5 Å². The highest BCUT2D eigenvalue weighted by Crippen LogP contribution is 2.03. The van der Waals surface area contributed by atoms with Crippen LogP contribution in [-0.2, 0) is 16.2 Å². The largest absolute Gasteiger partial charge is 0.271 e. The molecule has 78 valence electrons. The van der Waals surface area contributed by atoms with Crippen molar-refractivity contribution in [1.29, 1.82) is 0 Å². The van der Waals surface area contributed by atoms with Gasteiger partial charge in [-0.05, 0) is 20.8 Å². The second kappa shape index (κ2) is 4.19. The number of nitrogens with zero attached hydrogens (tertiary/aromatic N) is 3. The van der Waals surface area contributed by atoms with Crippen LogP contribution in [0, 0.1) is 0 Å². The van der Waals surface area contributed by atoms with Gasteiger partial charge in [-0.15, -0.1) is 0 Å². The Labute approximate surface area is 82.2 Å². The van der Waals surface area contributed by atoms with E-state index in [9.17, 15) is 4.79 Å². The van der Waals surface area contributed by atoms with E-state index in [0.29, 0.717) is 0 Å². The van der Waals surface area contributed by atoms with Crippen molar-refractivity contribution < 1.29 is 9.63 Å². The Bertz CT molecular complexity index is 289. The van der Waals surface area contributed by atoms with E-state index in [2.05, 4.69) is 15.6 Å². The van der Waals surface area contributed by atoms with Crippen LogP contribution in [0.15, 0.2) is 12.7 Å². The van der Waals surface area contributed by atoms with Gasteiger partial charge in [-0.1, -0.05) is 0 Å². The van der Waals surface area contributed by atoms with Gasteiger partial charge in [0.2, 0.25) is 0 Å². The molecule has 0 fully saturated rings. The summed E-state index contributed by atoms with van der Waals surface area (Å²) < 4.78 is 1.42. The number of nitrogens with one attached hydrogen (secondary N) is 1. The van der Waals surface area contributed by atoms with E-state index >= 15 is 0 Å². The lowest BCUT2D eigenvalue weighted by molar-refractivity contribution is -0.146. The normalized spacial score (nSPS) is 11.4. The third-order valence-electron chi connectivity index (χ3n) is 1.24. The molecule has 1 aromatic rings. The molecule has 0 spiro atoms. The Balaban J connectivity index is 2.30. The summed E-state index contributed by atoms with van der Waals surface area (Å²) in [7, 11) is 0. The van der Waals surface area contributed by atoms with Gasteiger partial charge >= 0.3 is 0 Å². The summed E-state index contributed by atoms with van der Waals surface area (Å²) >= 11 is 0. The fourth-order valence-electron chi connectivity index (χ4n) is 0.704. The molecule has 1 rings (SSSR count). The average molecular weight is 198 g/mol. The lowest BCUT2D eigenvalue weighted by Crippen LogP contribution is -2.35. The van der Waals surface area contributed by atoms with Crippen LogP contribution >= 0.6 is 0 Å². The highest BCUT2D eigenvalue weighted by atomic mass is 16.7. The highest BCUT2D eigenvalue weighted by molar-refractivity contribution is 5.74. The van der Waals surface area contributed by atoms with E-state index in [1.807, 2.05) is 20.8 Å². The minimum absolute atomic E-state index is 0.107. The number of hydroxylamine groups is 1. The van der Waals surface area contributed by atoms with Gasteiger partial charge < -0.3 is 0 Å². The first-order chi connectivity index (χ1) is 6.47. The van der Waals surface area contributed by atoms with E-state index in [0.717, 1.165) is 0 Å². The van der Waals surface area contributed by atoms with Crippen LogP contribution in [0.4, 0.5) is 0 Å². The molecule has 0 bridgehead atoms. The summed E-state index contributed by atoms with van der Waals surface area (Å²) in [5, 5.41) is 3.79. The standard InChI is InChI=1S/C8H14N4O2/c1-8(2,3)14-11-7(13)4-12-6-9-5-10-12/h5-6H,4H2,1-3H3,(H,11,13). The summed E-state index contributed by atoms with van der Waals surface area (Å²) in [5.74, 6) is -0.259. The smallest absolute Gasteiger partial charge is 0.265 e. The lowest BCUT2D eigenvalue weighted by Gasteiger charge is -2.18. The van der Waals surface area contributed by atoms with Crippen LogP contribution < -0.4 is 5.48 Å². The molecule has 0 unspecified atom stereocenters. The predicted octanol–water partition coefficient (Wildman–Crippen LogP) is 0.124. The number of hydrogen-bond acceptors (Lipinski definition) is 4. The first-order valence-corrected chi connectivity index (χ1v) is 4.26. The van der Waals surface area contributed by atoms with Gasteiger partial charge in [0.05, 0.1) is 5.60 Å². The summed E-state index contributed by atoms with van der Waals surface area (Å²) in [6, 6.07) is 0. The van der Waals surface area contributed by atoms with Crippen LogP contribution in [-0.4, -0.2) is 26.3 Å². The minimum atomic E-state index is -0.391. The number of hydrogen-bond donors (Lipinski definition) is 1. The summed E-state index contributed by atoms with van der Waals surface area (Å²) in [6.07, 6.45) is 2.84. The summed E-state index contributed by atoms with van der Waals surface area (Å²) in [5.41, 5.74) is 1.94. The lowest BCUT2D eigenvalue weighted by atomic mass is 10.2. The Morgan fingerprint density at radius 1 is 1.57 bits per heavy atom. The average Bonchev–Trinajstić information content (AvgIpc) is 2.52. The van der Waals surface area contributed by atoms with Gasteiger partial charge in [-0.2, -0.15) is 5.10 Å². The Hall–Kier alpha value is -1.43. The van der Waals surface area contributed by atoms with Crippen molar-refractivity contribution in [3.8, 4) is 0 Å². The van der Waals surface area contributed by atoms with Crippen molar-refractivity contribution in [2.45, 2.75) is 32.9 Å². The molecular formula is C8H14N4O2. The van der Waals surface area contributed by atoms with Crippen LogP contribution in [0.2, 0.25) is 0 Å². The van der Waals surface area contributed by atoms with Gasteiger partial charge in [-0.25, -0.2) is 15.1 Å². The van der Waals surface area contributed by atoms with Crippen LogP contribution in [0.1, 0.15) is 20.8 Å². The maximum atomic E-state index is 11.2. The summed E-state index contributed by atoms with van der Waals surface area (Å²) in [4.78, 5) is 20.0. The number of rotatable bonds is 3. The molecule has 0 atom stereocenters. The SMILES string of the molecule is CC(C)(C)ONC(=O)Cn1cncn1. The van der Waals surface area contributed by atoms with Crippen molar-refractivity contribution in [1.82, 2.24) is 20.2 Å². The zero-order valence-electron chi connectivity index (χ0n) is 8.52. The third kappa shape index (κ3) is 3.99. The van der Waals surface area contributed by atoms with Crippen molar-refractivity contribution >= 4 is 5.91 Å². The second-order valence-electron chi connectivity index (χ2n) is 3.83. The molecule has 0 aliphatic carbocycles. The molecule has 14 heavy (non-hydrogen) atoms. The van der Waals surface area contributed by atoms with Crippen LogP contribution in [0.3, 0.4) is 0 Å². The fourth-order valence-corrected chi connectivity index (χ4v) is 0.704. The fraction of sp³-hybridized carbons (Fsp3) is 0.625. The van der Waals surface area contributed by atoms with Gasteiger partial charge in [0.15, 0.2) is 0 Å². The van der Waals surface area contributed by atoms with Gasteiger partial charge in [-0.3, -0.25) is 9.63 Å². The maximum Gasteiger partial charge on any atom is 0.265 e. The van der Waals surface area contributed by atoms with Crippen LogP contribution in [0.5, 0.6) is 0 Å². The van der Waals surface area contributed by atoms with Gasteiger partial charge in [0.1, 0.15) is 19.2 Å². The van der Waals surface area contributed by atoms with Gasteiger partial charge in [0, 0.05) is 0 Å². The third-order valence-corrected chi connectivity index (χ3v) is 1.24. The van der Waals surface area contributed by atoms with Crippen molar-refractivity contribution in [2.24, 2.45) is 0 Å². The molecule has 0 saturated carbocycles. The van der Waals surface area contributed by atoms with E-state index < -0.39 is 5.60 Å². The van der Waals surface area contributed by atoms with Crippen LogP contribution in [0.25, 0.3) is 0 Å². The first-order valence-electron chi connectivity index (χ1n) is 4.26. The van der Waals surface area contributed by atoms with Crippen molar-refractivity contribution in [3.63, 3.8) is 0 Å². The van der Waals surface area contributed by atoms with E-state index in [1.165, 1.54) is 17.3 Å². The monoisotopic (exact) mass is 198 g/mol. The number of carbonyl (C=O) groups excluding carboxylic acids is 1. The Morgan fingerprint density at radius 2 is 2.29 bits per heavy atom. The molecule has 6 heteroatoms. The molecule has 0 saturated heterocycles. The minimum Gasteiger partial charge on any atom is -0.271 e. The Kier molecular flexibility index (Phi) is 3.19. The van der Waals surface area contributed by atoms with E-state index in [1.54, 1.807) is 0 Å². The quantitative estimate of drug-likeness (QED) is 0.700. The molecule has 6 nitrogen and oxygen atoms in total. The van der Waals surface area contributed by atoms with E-state index in [4.69, 9.17) is 4.84 Å². The molecular weight excluding hydrogens is 184 g/mol. The van der Waals surface area contributed by atoms with Crippen molar-refractivity contribution in [3.05, 3.63) is 12.7 Å². The molecule has 0 aliphatic heterocycles. The van der Waals surface area contributed by atoms with Crippen molar-refractivity contribution in [2.75, 3.05) is 0 Å². The number of carbonyl (C=O) groups is 1. The molecule has 0 aromatic carbocycles. The first kappa shape index (κ1) is 10.6. The highest BCUT2D eigenvalue weighted by Gasteiger charge is 2.12. The maximum absolute atomic E-state index is 11.2. The Morgan fingerprint density at radius 3 is 2.79 bits per heavy atom. The zero-order chi connectivity index (χ0) is 10.6. The summed E-state index contributed by atoms with van der Waals surface area (Å²) in [6.45, 7) is 5.66. The molecule has 1 heterocycles.